The third-order valence-corrected chi connectivity index (χ3v) is 5.77. The number of carbonyl (C=O) groups is 1. The van der Waals surface area contributed by atoms with Gasteiger partial charge in [-0.05, 0) is 39.3 Å². The second-order valence-electron chi connectivity index (χ2n) is 7.50. The molecule has 1 fully saturated rings. The highest BCUT2D eigenvalue weighted by Crippen LogP contribution is 2.30. The first kappa shape index (κ1) is 17.3. The molecule has 4 rings (SSSR count). The number of rotatable bonds is 5. The second-order valence-corrected chi connectivity index (χ2v) is 7.50. The summed E-state index contributed by atoms with van der Waals surface area (Å²) in [6, 6.07) is 10.6. The van der Waals surface area contributed by atoms with Crippen LogP contribution in [0.15, 0.2) is 34.9 Å². The molecular formula is C21H27N3O2. The lowest BCUT2D eigenvalue weighted by atomic mass is 10.0. The maximum Gasteiger partial charge on any atom is 0.222 e. The summed E-state index contributed by atoms with van der Waals surface area (Å²) in [5, 5.41) is 4.27. The predicted octanol–water partition coefficient (Wildman–Crippen LogP) is 3.49. The summed E-state index contributed by atoms with van der Waals surface area (Å²) in [7, 11) is 0. The molecule has 0 saturated carbocycles. The minimum absolute atomic E-state index is 0.252. The number of likely N-dealkylation sites (tertiary alicyclic amines) is 1. The molecule has 0 N–H and O–H groups in total. The van der Waals surface area contributed by atoms with Gasteiger partial charge in [0.2, 0.25) is 5.91 Å². The van der Waals surface area contributed by atoms with E-state index in [-0.39, 0.29) is 5.91 Å². The van der Waals surface area contributed by atoms with Gasteiger partial charge in [-0.1, -0.05) is 35.5 Å². The summed E-state index contributed by atoms with van der Waals surface area (Å²) in [6.45, 7) is 5.96. The Hall–Kier alpha value is -2.14. The number of fused-ring (bicyclic) bond motifs is 1. The quantitative estimate of drug-likeness (QED) is 0.826. The van der Waals surface area contributed by atoms with Crippen molar-refractivity contribution in [2.24, 2.45) is 0 Å². The number of carbonyl (C=O) groups excluding carboxylic acids is 1. The summed E-state index contributed by atoms with van der Waals surface area (Å²) >= 11 is 0. The van der Waals surface area contributed by atoms with Crippen molar-refractivity contribution in [3.63, 3.8) is 0 Å². The van der Waals surface area contributed by atoms with Crippen LogP contribution in [-0.2, 0) is 17.8 Å². The molecule has 0 aliphatic carbocycles. The van der Waals surface area contributed by atoms with Crippen molar-refractivity contribution >= 4 is 5.91 Å². The van der Waals surface area contributed by atoms with Gasteiger partial charge in [0.05, 0.1) is 6.54 Å². The SMILES string of the molecule is C[C@H](CCC(=O)N1CCc2onc(-c3ccccc3)c2C1)N1CCCC1. The fraction of sp³-hybridized carbons (Fsp3) is 0.524. The van der Waals surface area contributed by atoms with Crippen LogP contribution in [0.5, 0.6) is 0 Å². The summed E-state index contributed by atoms with van der Waals surface area (Å²) in [6.07, 6.45) is 4.91. The Morgan fingerprint density at radius 2 is 1.96 bits per heavy atom. The number of hydrogen-bond acceptors (Lipinski definition) is 4. The maximum absolute atomic E-state index is 12.8. The van der Waals surface area contributed by atoms with Gasteiger partial charge in [-0.2, -0.15) is 0 Å². The zero-order chi connectivity index (χ0) is 17.9. The van der Waals surface area contributed by atoms with E-state index < -0.39 is 0 Å². The van der Waals surface area contributed by atoms with Crippen LogP contribution < -0.4 is 0 Å². The van der Waals surface area contributed by atoms with Crippen molar-refractivity contribution in [1.29, 1.82) is 0 Å². The molecule has 0 bridgehead atoms. The lowest BCUT2D eigenvalue weighted by Crippen LogP contribution is -2.37. The Balaban J connectivity index is 1.40. The molecule has 5 heteroatoms. The zero-order valence-corrected chi connectivity index (χ0v) is 15.5. The highest BCUT2D eigenvalue weighted by molar-refractivity contribution is 5.77. The number of hydrogen-bond donors (Lipinski definition) is 0. The summed E-state index contributed by atoms with van der Waals surface area (Å²) in [5.74, 6) is 1.18. The highest BCUT2D eigenvalue weighted by Gasteiger charge is 2.28. The normalized spacial score (nSPS) is 18.7. The molecule has 2 aliphatic rings. The molecule has 1 saturated heterocycles. The standard InChI is InChI=1S/C21H27N3O2/c1-16(23-12-5-6-13-23)9-10-20(25)24-14-11-19-18(15-24)21(22-26-19)17-7-3-2-4-8-17/h2-4,7-8,16H,5-6,9-15H2,1H3/t16-/m1/s1. The Kier molecular flexibility index (Phi) is 5.07. The summed E-state index contributed by atoms with van der Waals surface area (Å²) in [4.78, 5) is 17.2. The number of amides is 1. The van der Waals surface area contributed by atoms with Gasteiger partial charge in [-0.25, -0.2) is 0 Å². The van der Waals surface area contributed by atoms with E-state index in [0.717, 1.165) is 42.0 Å². The van der Waals surface area contributed by atoms with Crippen molar-refractivity contribution in [1.82, 2.24) is 15.0 Å². The van der Waals surface area contributed by atoms with Gasteiger partial charge in [-0.3, -0.25) is 4.79 Å². The van der Waals surface area contributed by atoms with E-state index in [9.17, 15) is 4.79 Å². The van der Waals surface area contributed by atoms with E-state index in [4.69, 9.17) is 4.52 Å². The van der Waals surface area contributed by atoms with E-state index in [1.54, 1.807) is 0 Å². The molecule has 2 aliphatic heterocycles. The zero-order valence-electron chi connectivity index (χ0n) is 15.5. The third kappa shape index (κ3) is 3.54. The largest absolute Gasteiger partial charge is 0.360 e. The molecule has 1 aromatic heterocycles. The predicted molar refractivity (Wildman–Crippen MR) is 101 cm³/mol. The van der Waals surface area contributed by atoms with Gasteiger partial charge in [0.1, 0.15) is 11.5 Å². The molecule has 0 spiro atoms. The molecule has 1 atom stereocenters. The first-order chi connectivity index (χ1) is 12.7. The van der Waals surface area contributed by atoms with E-state index in [1.165, 1.54) is 25.9 Å². The van der Waals surface area contributed by atoms with Crippen LogP contribution in [0.1, 0.15) is 43.9 Å². The number of aromatic nitrogens is 1. The van der Waals surface area contributed by atoms with Crippen LogP contribution in [0, 0.1) is 0 Å². The minimum atomic E-state index is 0.252. The smallest absolute Gasteiger partial charge is 0.222 e. The van der Waals surface area contributed by atoms with Crippen LogP contribution in [0.3, 0.4) is 0 Å². The first-order valence-electron chi connectivity index (χ1n) is 9.77. The lowest BCUT2D eigenvalue weighted by molar-refractivity contribution is -0.132. The van der Waals surface area contributed by atoms with Gasteiger partial charge in [0.25, 0.3) is 0 Å². The number of benzene rings is 1. The van der Waals surface area contributed by atoms with E-state index in [0.29, 0.717) is 19.0 Å². The van der Waals surface area contributed by atoms with Crippen LogP contribution >= 0.6 is 0 Å². The fourth-order valence-electron chi connectivity index (χ4n) is 4.10. The molecule has 3 heterocycles. The van der Waals surface area contributed by atoms with Gasteiger partial charge in [0, 0.05) is 36.6 Å². The average molecular weight is 353 g/mol. The minimum Gasteiger partial charge on any atom is -0.360 e. The topological polar surface area (TPSA) is 49.6 Å². The van der Waals surface area contributed by atoms with E-state index in [1.807, 2.05) is 35.2 Å². The van der Waals surface area contributed by atoms with Crippen LogP contribution in [0.2, 0.25) is 0 Å². The van der Waals surface area contributed by atoms with Crippen LogP contribution in [0.4, 0.5) is 0 Å². The molecule has 26 heavy (non-hydrogen) atoms. The molecule has 1 aromatic carbocycles. The summed E-state index contributed by atoms with van der Waals surface area (Å²) in [5.41, 5.74) is 3.00. The van der Waals surface area contributed by atoms with Gasteiger partial charge >= 0.3 is 0 Å². The molecular weight excluding hydrogens is 326 g/mol. The van der Waals surface area contributed by atoms with Crippen molar-refractivity contribution in [2.75, 3.05) is 19.6 Å². The van der Waals surface area contributed by atoms with Crippen molar-refractivity contribution in [3.8, 4) is 11.3 Å². The van der Waals surface area contributed by atoms with Gasteiger partial charge < -0.3 is 14.3 Å². The van der Waals surface area contributed by atoms with Crippen LogP contribution in [0.25, 0.3) is 11.3 Å². The van der Waals surface area contributed by atoms with Crippen LogP contribution in [-0.4, -0.2) is 46.5 Å². The number of nitrogens with zero attached hydrogens (tertiary/aromatic N) is 3. The molecule has 2 aromatic rings. The monoisotopic (exact) mass is 353 g/mol. The molecule has 1 amide bonds. The van der Waals surface area contributed by atoms with Crippen molar-refractivity contribution in [2.45, 2.75) is 51.6 Å². The Labute approximate surface area is 155 Å². The highest BCUT2D eigenvalue weighted by atomic mass is 16.5. The molecule has 5 nitrogen and oxygen atoms in total. The first-order valence-corrected chi connectivity index (χ1v) is 9.77. The Morgan fingerprint density at radius 3 is 2.73 bits per heavy atom. The van der Waals surface area contributed by atoms with E-state index in [2.05, 4.69) is 17.0 Å². The van der Waals surface area contributed by atoms with Crippen molar-refractivity contribution in [3.05, 3.63) is 41.7 Å². The fourth-order valence-corrected chi connectivity index (χ4v) is 4.10. The van der Waals surface area contributed by atoms with Crippen molar-refractivity contribution < 1.29 is 9.32 Å². The van der Waals surface area contributed by atoms with Gasteiger partial charge in [-0.15, -0.1) is 0 Å². The van der Waals surface area contributed by atoms with Gasteiger partial charge in [0.15, 0.2) is 0 Å². The third-order valence-electron chi connectivity index (χ3n) is 5.77. The molecule has 138 valence electrons. The van der Waals surface area contributed by atoms with E-state index >= 15 is 0 Å². The average Bonchev–Trinajstić information content (AvgIpc) is 3.36. The Bertz CT molecular complexity index is 750. The second kappa shape index (κ2) is 7.62. The lowest BCUT2D eigenvalue weighted by Gasteiger charge is -2.28. The maximum atomic E-state index is 12.8. The summed E-state index contributed by atoms with van der Waals surface area (Å²) < 4.78 is 5.54. The Morgan fingerprint density at radius 1 is 1.19 bits per heavy atom. The molecule has 0 unspecified atom stereocenters. The molecule has 0 radical (unpaired) electrons.